The molecule has 0 heterocycles. The lowest BCUT2D eigenvalue weighted by atomic mass is 10.2. The topological polar surface area (TPSA) is 109 Å². The largest absolute Gasteiger partial charge is 0.493 e. The van der Waals surface area contributed by atoms with Gasteiger partial charge in [0.05, 0.1) is 24.6 Å². The second-order valence-corrected chi connectivity index (χ2v) is 5.40. The van der Waals surface area contributed by atoms with Crippen molar-refractivity contribution in [1.82, 2.24) is 5.32 Å². The lowest BCUT2D eigenvalue weighted by molar-refractivity contribution is -0.123. The number of rotatable bonds is 9. The number of nitrogens with one attached hydrogen (secondary N) is 2. The van der Waals surface area contributed by atoms with Crippen LogP contribution in [0.25, 0.3) is 0 Å². The Morgan fingerprint density at radius 1 is 1.15 bits per heavy atom. The highest BCUT2D eigenvalue weighted by Crippen LogP contribution is 2.27. The van der Waals surface area contributed by atoms with Crippen molar-refractivity contribution in [2.24, 2.45) is 5.10 Å². The SMILES string of the molecule is CCNC(=O)COc1ccc(/C=N\Nc2ccc(C(=O)O)cc2)cc1OC. The number of carboxylic acids is 1. The van der Waals surface area contributed by atoms with Crippen molar-refractivity contribution in [3.05, 3.63) is 53.6 Å². The normalized spacial score (nSPS) is 10.4. The number of carboxylic acid groups (broad SMARTS) is 1. The van der Waals surface area contributed by atoms with Gasteiger partial charge >= 0.3 is 5.97 Å². The maximum Gasteiger partial charge on any atom is 0.335 e. The summed E-state index contributed by atoms with van der Waals surface area (Å²) in [5.74, 6) is -0.248. The number of hydrogen-bond acceptors (Lipinski definition) is 6. The minimum absolute atomic E-state index is 0.0917. The summed E-state index contributed by atoms with van der Waals surface area (Å²) in [5, 5.41) is 15.6. The van der Waals surface area contributed by atoms with Crippen molar-refractivity contribution in [3.8, 4) is 11.5 Å². The van der Waals surface area contributed by atoms with Gasteiger partial charge in [-0.15, -0.1) is 0 Å². The van der Waals surface area contributed by atoms with Crippen molar-refractivity contribution in [1.29, 1.82) is 0 Å². The fraction of sp³-hybridized carbons (Fsp3) is 0.211. The second-order valence-electron chi connectivity index (χ2n) is 5.40. The number of amides is 1. The Kier molecular flexibility index (Phi) is 7.18. The quantitative estimate of drug-likeness (QED) is 0.461. The molecule has 0 aliphatic carbocycles. The Morgan fingerprint density at radius 2 is 1.89 bits per heavy atom. The van der Waals surface area contributed by atoms with Crippen LogP contribution in [-0.2, 0) is 4.79 Å². The van der Waals surface area contributed by atoms with Gasteiger partial charge < -0.3 is 19.9 Å². The van der Waals surface area contributed by atoms with E-state index in [4.69, 9.17) is 14.6 Å². The van der Waals surface area contributed by atoms with Crippen LogP contribution in [0.2, 0.25) is 0 Å². The minimum atomic E-state index is -0.980. The first-order valence-electron chi connectivity index (χ1n) is 8.23. The van der Waals surface area contributed by atoms with Crippen molar-refractivity contribution in [2.45, 2.75) is 6.92 Å². The smallest absolute Gasteiger partial charge is 0.335 e. The maximum atomic E-state index is 11.5. The molecule has 27 heavy (non-hydrogen) atoms. The standard InChI is InChI=1S/C19H21N3O5/c1-3-20-18(23)12-27-16-9-4-13(10-17(16)26-2)11-21-22-15-7-5-14(6-8-15)19(24)25/h4-11,22H,3,12H2,1-2H3,(H,20,23)(H,24,25)/b21-11-. The van der Waals surface area contributed by atoms with E-state index in [2.05, 4.69) is 15.8 Å². The van der Waals surface area contributed by atoms with E-state index in [1.807, 2.05) is 6.92 Å². The number of aromatic carboxylic acids is 1. The molecule has 0 radical (unpaired) electrons. The van der Waals surface area contributed by atoms with Gasteiger partial charge in [0.15, 0.2) is 18.1 Å². The summed E-state index contributed by atoms with van der Waals surface area (Å²) in [5.41, 5.74) is 4.44. The zero-order valence-corrected chi connectivity index (χ0v) is 15.1. The highest BCUT2D eigenvalue weighted by atomic mass is 16.5. The summed E-state index contributed by atoms with van der Waals surface area (Å²) >= 11 is 0. The van der Waals surface area contributed by atoms with Crippen LogP contribution in [0.5, 0.6) is 11.5 Å². The van der Waals surface area contributed by atoms with Gasteiger partial charge in [0.25, 0.3) is 5.91 Å². The maximum absolute atomic E-state index is 11.5. The van der Waals surface area contributed by atoms with Gasteiger partial charge in [0.2, 0.25) is 0 Å². The molecule has 3 N–H and O–H groups in total. The molecule has 0 aliphatic rings. The van der Waals surface area contributed by atoms with E-state index in [1.165, 1.54) is 19.2 Å². The summed E-state index contributed by atoms with van der Waals surface area (Å²) in [6.45, 7) is 2.29. The third-order valence-electron chi connectivity index (χ3n) is 3.46. The van der Waals surface area contributed by atoms with E-state index in [1.54, 1.807) is 36.5 Å². The van der Waals surface area contributed by atoms with Gasteiger partial charge in [-0.1, -0.05) is 0 Å². The van der Waals surface area contributed by atoms with Crippen molar-refractivity contribution < 1.29 is 24.2 Å². The Morgan fingerprint density at radius 3 is 2.52 bits per heavy atom. The molecule has 8 nitrogen and oxygen atoms in total. The number of nitrogens with zero attached hydrogens (tertiary/aromatic N) is 1. The highest BCUT2D eigenvalue weighted by Gasteiger charge is 2.08. The first-order valence-corrected chi connectivity index (χ1v) is 8.23. The number of likely N-dealkylation sites (N-methyl/N-ethyl adjacent to an activating group) is 1. The number of ether oxygens (including phenoxy) is 2. The Labute approximate surface area is 156 Å². The molecule has 0 atom stereocenters. The zero-order valence-electron chi connectivity index (χ0n) is 15.1. The van der Waals surface area contributed by atoms with Crippen molar-refractivity contribution in [2.75, 3.05) is 25.7 Å². The molecule has 142 valence electrons. The third-order valence-corrected chi connectivity index (χ3v) is 3.46. The van der Waals surface area contributed by atoms with Gasteiger partial charge in [0, 0.05) is 6.54 Å². The summed E-state index contributed by atoms with van der Waals surface area (Å²) in [6, 6.07) is 11.4. The average molecular weight is 371 g/mol. The van der Waals surface area contributed by atoms with Gasteiger partial charge in [-0.05, 0) is 55.0 Å². The fourth-order valence-electron chi connectivity index (χ4n) is 2.14. The first-order chi connectivity index (χ1) is 13.0. The van der Waals surface area contributed by atoms with Gasteiger partial charge in [-0.25, -0.2) is 4.79 Å². The molecular formula is C19H21N3O5. The number of hydrazone groups is 1. The summed E-state index contributed by atoms with van der Waals surface area (Å²) in [4.78, 5) is 22.3. The van der Waals surface area contributed by atoms with Gasteiger partial charge in [-0.3, -0.25) is 10.2 Å². The van der Waals surface area contributed by atoms with Crippen LogP contribution in [0.4, 0.5) is 5.69 Å². The lowest BCUT2D eigenvalue weighted by Gasteiger charge is -2.11. The molecular weight excluding hydrogens is 350 g/mol. The molecule has 0 aromatic heterocycles. The lowest BCUT2D eigenvalue weighted by Crippen LogP contribution is -2.28. The molecule has 1 amide bonds. The highest BCUT2D eigenvalue weighted by molar-refractivity contribution is 5.88. The van der Waals surface area contributed by atoms with Crippen LogP contribution < -0.4 is 20.2 Å². The molecule has 2 aromatic rings. The van der Waals surface area contributed by atoms with Crippen molar-refractivity contribution >= 4 is 23.8 Å². The molecule has 2 rings (SSSR count). The van der Waals surface area contributed by atoms with E-state index < -0.39 is 5.97 Å². The summed E-state index contributed by atoms with van der Waals surface area (Å²) < 4.78 is 10.7. The predicted octanol–water partition coefficient (Wildman–Crippen LogP) is 2.35. The van der Waals surface area contributed by atoms with E-state index in [0.29, 0.717) is 23.7 Å². The summed E-state index contributed by atoms with van der Waals surface area (Å²) in [6.07, 6.45) is 1.58. The molecule has 0 unspecified atom stereocenters. The van der Waals surface area contributed by atoms with E-state index in [-0.39, 0.29) is 18.1 Å². The molecule has 0 fully saturated rings. The van der Waals surface area contributed by atoms with Gasteiger partial charge in [0.1, 0.15) is 0 Å². The van der Waals surface area contributed by atoms with E-state index in [0.717, 1.165) is 5.56 Å². The number of hydrogen-bond donors (Lipinski definition) is 3. The molecule has 0 spiro atoms. The third kappa shape index (κ3) is 6.03. The Bertz CT molecular complexity index is 819. The van der Waals surface area contributed by atoms with Crippen LogP contribution in [0.1, 0.15) is 22.8 Å². The van der Waals surface area contributed by atoms with Crippen LogP contribution >= 0.6 is 0 Å². The number of carbonyl (C=O) groups excluding carboxylic acids is 1. The molecule has 8 heteroatoms. The number of methoxy groups -OCH3 is 1. The Hall–Kier alpha value is -3.55. The first kappa shape index (κ1) is 19.8. The molecule has 0 aliphatic heterocycles. The number of carbonyl (C=O) groups is 2. The van der Waals surface area contributed by atoms with E-state index >= 15 is 0 Å². The molecule has 0 saturated heterocycles. The van der Waals surface area contributed by atoms with Gasteiger partial charge in [-0.2, -0.15) is 5.10 Å². The zero-order chi connectivity index (χ0) is 19.6. The minimum Gasteiger partial charge on any atom is -0.493 e. The predicted molar refractivity (Wildman–Crippen MR) is 102 cm³/mol. The number of benzene rings is 2. The van der Waals surface area contributed by atoms with Crippen LogP contribution in [-0.4, -0.2) is 43.5 Å². The molecule has 0 bridgehead atoms. The molecule has 0 saturated carbocycles. The average Bonchev–Trinajstić information content (AvgIpc) is 2.67. The van der Waals surface area contributed by atoms with Crippen molar-refractivity contribution in [3.63, 3.8) is 0 Å². The molecule has 2 aromatic carbocycles. The van der Waals surface area contributed by atoms with Crippen LogP contribution in [0.3, 0.4) is 0 Å². The Balaban J connectivity index is 1.98. The number of anilines is 1. The van der Waals surface area contributed by atoms with E-state index in [9.17, 15) is 9.59 Å². The van der Waals surface area contributed by atoms with Crippen LogP contribution in [0.15, 0.2) is 47.6 Å². The summed E-state index contributed by atoms with van der Waals surface area (Å²) in [7, 11) is 1.51. The second kappa shape index (κ2) is 9.81. The van der Waals surface area contributed by atoms with Crippen LogP contribution in [0, 0.1) is 0 Å². The monoisotopic (exact) mass is 371 g/mol. The fourth-order valence-corrected chi connectivity index (χ4v) is 2.14.